The van der Waals surface area contributed by atoms with E-state index in [-0.39, 0.29) is 5.57 Å². The van der Waals surface area contributed by atoms with Crippen LogP contribution in [0.3, 0.4) is 0 Å². The molecule has 5 heteroatoms. The molecule has 0 saturated heterocycles. The fraction of sp³-hybridized carbons (Fsp3) is 0. The standard InChI is InChI=1S/C16H10BrClN2O/c17-15-4-2-1-3-11(15)9-12(10-19)16(21)20-14-7-5-13(18)6-8-14/h1-9H,(H,20,21)/b12-9-. The van der Waals surface area contributed by atoms with Crippen LogP contribution in [0.1, 0.15) is 5.56 Å². The average molecular weight is 362 g/mol. The van der Waals surface area contributed by atoms with Crippen molar-refractivity contribution in [3.8, 4) is 6.07 Å². The van der Waals surface area contributed by atoms with Crippen LogP contribution in [-0.4, -0.2) is 5.91 Å². The van der Waals surface area contributed by atoms with Crippen molar-refractivity contribution in [2.24, 2.45) is 0 Å². The summed E-state index contributed by atoms with van der Waals surface area (Å²) in [5, 5.41) is 12.4. The lowest BCUT2D eigenvalue weighted by atomic mass is 10.1. The van der Waals surface area contributed by atoms with E-state index in [1.165, 1.54) is 6.08 Å². The molecule has 0 aliphatic rings. The van der Waals surface area contributed by atoms with Gasteiger partial charge in [0, 0.05) is 15.2 Å². The molecule has 0 atom stereocenters. The molecule has 0 bridgehead atoms. The Bertz CT molecular complexity index is 733. The van der Waals surface area contributed by atoms with Crippen LogP contribution < -0.4 is 5.32 Å². The smallest absolute Gasteiger partial charge is 0.266 e. The van der Waals surface area contributed by atoms with Crippen LogP contribution in [-0.2, 0) is 4.79 Å². The lowest BCUT2D eigenvalue weighted by Crippen LogP contribution is -2.13. The highest BCUT2D eigenvalue weighted by Gasteiger charge is 2.10. The van der Waals surface area contributed by atoms with Gasteiger partial charge in [-0.25, -0.2) is 0 Å². The summed E-state index contributed by atoms with van der Waals surface area (Å²) in [5.41, 5.74) is 1.37. The van der Waals surface area contributed by atoms with Crippen molar-refractivity contribution in [3.05, 3.63) is 69.2 Å². The summed E-state index contributed by atoms with van der Waals surface area (Å²) in [6.07, 6.45) is 1.54. The third-order valence-corrected chi connectivity index (χ3v) is 3.65. The van der Waals surface area contributed by atoms with Crippen molar-refractivity contribution < 1.29 is 4.79 Å². The molecule has 0 heterocycles. The van der Waals surface area contributed by atoms with E-state index in [9.17, 15) is 4.79 Å². The van der Waals surface area contributed by atoms with Crippen molar-refractivity contribution in [2.75, 3.05) is 5.32 Å². The fourth-order valence-electron chi connectivity index (χ4n) is 1.63. The summed E-state index contributed by atoms with van der Waals surface area (Å²) in [6.45, 7) is 0. The van der Waals surface area contributed by atoms with Gasteiger partial charge in [-0.3, -0.25) is 4.79 Å². The number of nitrogens with one attached hydrogen (secondary N) is 1. The first-order valence-electron chi connectivity index (χ1n) is 6.03. The lowest BCUT2D eigenvalue weighted by molar-refractivity contribution is -0.112. The molecular weight excluding hydrogens is 352 g/mol. The molecule has 0 aromatic heterocycles. The molecule has 3 nitrogen and oxygen atoms in total. The first-order chi connectivity index (χ1) is 10.1. The Morgan fingerprint density at radius 3 is 2.48 bits per heavy atom. The van der Waals surface area contributed by atoms with Gasteiger partial charge in [0.05, 0.1) is 0 Å². The quantitative estimate of drug-likeness (QED) is 0.639. The van der Waals surface area contributed by atoms with Crippen LogP contribution in [0.25, 0.3) is 6.08 Å². The molecule has 104 valence electrons. The van der Waals surface area contributed by atoms with E-state index in [4.69, 9.17) is 16.9 Å². The monoisotopic (exact) mass is 360 g/mol. The molecule has 2 aromatic carbocycles. The molecule has 0 fully saturated rings. The maximum Gasteiger partial charge on any atom is 0.266 e. The van der Waals surface area contributed by atoms with Crippen LogP contribution in [0.4, 0.5) is 5.69 Å². The zero-order chi connectivity index (χ0) is 15.2. The number of carbonyl (C=O) groups is 1. The SMILES string of the molecule is N#C/C(=C/c1ccccc1Br)C(=O)Nc1ccc(Cl)cc1. The highest BCUT2D eigenvalue weighted by Crippen LogP contribution is 2.20. The highest BCUT2D eigenvalue weighted by atomic mass is 79.9. The molecule has 0 unspecified atom stereocenters. The molecule has 0 aliphatic heterocycles. The van der Waals surface area contributed by atoms with Gasteiger partial charge in [0.25, 0.3) is 5.91 Å². The molecule has 0 radical (unpaired) electrons. The minimum absolute atomic E-state index is 0.0249. The molecule has 0 aliphatic carbocycles. The Morgan fingerprint density at radius 1 is 1.19 bits per heavy atom. The summed E-state index contributed by atoms with van der Waals surface area (Å²) in [4.78, 5) is 12.1. The number of amides is 1. The molecular formula is C16H10BrClN2O. The van der Waals surface area contributed by atoms with E-state index >= 15 is 0 Å². The summed E-state index contributed by atoms with van der Waals surface area (Å²) in [5.74, 6) is -0.462. The van der Waals surface area contributed by atoms with E-state index in [1.54, 1.807) is 24.3 Å². The molecule has 21 heavy (non-hydrogen) atoms. The first-order valence-corrected chi connectivity index (χ1v) is 7.20. The zero-order valence-electron chi connectivity index (χ0n) is 10.8. The Labute approximate surface area is 136 Å². The first kappa shape index (κ1) is 15.3. The minimum atomic E-state index is -0.462. The van der Waals surface area contributed by atoms with Crippen LogP contribution >= 0.6 is 27.5 Å². The van der Waals surface area contributed by atoms with Gasteiger partial charge in [0.2, 0.25) is 0 Å². The number of nitriles is 1. The number of hydrogen-bond acceptors (Lipinski definition) is 2. The largest absolute Gasteiger partial charge is 0.321 e. The van der Waals surface area contributed by atoms with E-state index in [1.807, 2.05) is 30.3 Å². The number of halogens is 2. The van der Waals surface area contributed by atoms with Crippen molar-refractivity contribution >= 4 is 45.2 Å². The van der Waals surface area contributed by atoms with Crippen LogP contribution in [0, 0.1) is 11.3 Å². The third-order valence-electron chi connectivity index (χ3n) is 2.67. The van der Waals surface area contributed by atoms with Gasteiger partial charge in [-0.2, -0.15) is 5.26 Å². The lowest BCUT2D eigenvalue weighted by Gasteiger charge is -2.05. The second kappa shape index (κ2) is 7.07. The third kappa shape index (κ3) is 4.19. The Hall–Kier alpha value is -2.09. The molecule has 2 aromatic rings. The van der Waals surface area contributed by atoms with Gasteiger partial charge in [0.15, 0.2) is 0 Å². The minimum Gasteiger partial charge on any atom is -0.321 e. The summed E-state index contributed by atoms with van der Waals surface area (Å²) < 4.78 is 0.817. The number of benzene rings is 2. The molecule has 1 amide bonds. The van der Waals surface area contributed by atoms with Crippen molar-refractivity contribution in [1.29, 1.82) is 5.26 Å². The summed E-state index contributed by atoms with van der Waals surface area (Å²) >= 11 is 9.16. The summed E-state index contributed by atoms with van der Waals surface area (Å²) in [7, 11) is 0. The number of rotatable bonds is 3. The van der Waals surface area contributed by atoms with E-state index in [0.29, 0.717) is 10.7 Å². The van der Waals surface area contributed by atoms with Gasteiger partial charge < -0.3 is 5.32 Å². The van der Waals surface area contributed by atoms with Crippen molar-refractivity contribution in [1.82, 2.24) is 0 Å². The molecule has 2 rings (SSSR count). The number of nitrogens with zero attached hydrogens (tertiary/aromatic N) is 1. The van der Waals surface area contributed by atoms with E-state index in [2.05, 4.69) is 21.2 Å². The Balaban J connectivity index is 2.22. The number of anilines is 1. The van der Waals surface area contributed by atoms with Crippen LogP contribution in [0.5, 0.6) is 0 Å². The maximum atomic E-state index is 12.1. The van der Waals surface area contributed by atoms with Gasteiger partial charge >= 0.3 is 0 Å². The van der Waals surface area contributed by atoms with Crippen molar-refractivity contribution in [2.45, 2.75) is 0 Å². The zero-order valence-corrected chi connectivity index (χ0v) is 13.1. The van der Waals surface area contributed by atoms with Crippen LogP contribution in [0.15, 0.2) is 58.6 Å². The Kier molecular flexibility index (Phi) is 5.15. The Morgan fingerprint density at radius 2 is 1.86 bits per heavy atom. The fourth-order valence-corrected chi connectivity index (χ4v) is 2.15. The second-order valence-corrected chi connectivity index (χ2v) is 5.44. The van der Waals surface area contributed by atoms with Gasteiger partial charge in [-0.1, -0.05) is 45.7 Å². The normalized spacial score (nSPS) is 10.8. The number of carbonyl (C=O) groups excluding carboxylic acids is 1. The van der Waals surface area contributed by atoms with Crippen molar-refractivity contribution in [3.63, 3.8) is 0 Å². The average Bonchev–Trinajstić information content (AvgIpc) is 2.48. The summed E-state index contributed by atoms with van der Waals surface area (Å²) in [6, 6.07) is 16.0. The van der Waals surface area contributed by atoms with Crippen LogP contribution in [0.2, 0.25) is 5.02 Å². The maximum absolute atomic E-state index is 12.1. The predicted octanol–water partition coefficient (Wildman–Crippen LogP) is 4.65. The van der Waals surface area contributed by atoms with Gasteiger partial charge in [0.1, 0.15) is 11.6 Å². The number of hydrogen-bond donors (Lipinski definition) is 1. The topological polar surface area (TPSA) is 52.9 Å². The molecule has 1 N–H and O–H groups in total. The second-order valence-electron chi connectivity index (χ2n) is 4.15. The van der Waals surface area contributed by atoms with Gasteiger partial charge in [-0.05, 0) is 42.0 Å². The van der Waals surface area contributed by atoms with E-state index < -0.39 is 5.91 Å². The molecule has 0 saturated carbocycles. The van der Waals surface area contributed by atoms with Gasteiger partial charge in [-0.15, -0.1) is 0 Å². The predicted molar refractivity (Wildman–Crippen MR) is 87.8 cm³/mol. The van der Waals surface area contributed by atoms with E-state index in [0.717, 1.165) is 10.0 Å². The highest BCUT2D eigenvalue weighted by molar-refractivity contribution is 9.10. The molecule has 0 spiro atoms.